The SMILES string of the molecule is CC(=O)N[C@@H](c1ccco1)[C@@H](O)C(=O)O[C@H]1C[C@@]2(O)[C@@H](OC(=O)c3ccccc3)[C@@H]3[C@]4(OC(C)=O)CO[C@@H]4C[C@H](O)[C@@]3(C)C(=O)[C@H](OC(C)=O)C(=C1C)C2(C)C. The first-order valence-electron chi connectivity index (χ1n) is 18.3. The second-order valence-corrected chi connectivity index (χ2v) is 15.8. The highest BCUT2D eigenvalue weighted by Gasteiger charge is 2.78. The third-order valence-corrected chi connectivity index (χ3v) is 12.2. The van der Waals surface area contributed by atoms with Gasteiger partial charge in [0.2, 0.25) is 5.91 Å². The number of furan rings is 1. The van der Waals surface area contributed by atoms with Crippen LogP contribution in [0.25, 0.3) is 0 Å². The van der Waals surface area contributed by atoms with Crippen LogP contribution in [0.5, 0.6) is 0 Å². The summed E-state index contributed by atoms with van der Waals surface area (Å²) in [5.41, 5.74) is -7.62. The summed E-state index contributed by atoms with van der Waals surface area (Å²) in [6.07, 6.45) is -9.21. The quantitative estimate of drug-likeness (QED) is 0.162. The van der Waals surface area contributed by atoms with Crippen LogP contribution in [0.4, 0.5) is 0 Å². The summed E-state index contributed by atoms with van der Waals surface area (Å²) in [5.74, 6) is -6.86. The Bertz CT molecular complexity index is 1940. The number of carbonyl (C=O) groups is 6. The predicted molar refractivity (Wildman–Crippen MR) is 190 cm³/mol. The Morgan fingerprint density at radius 1 is 0.946 bits per heavy atom. The molecule has 302 valence electrons. The van der Waals surface area contributed by atoms with Gasteiger partial charge in [-0.2, -0.15) is 0 Å². The van der Waals surface area contributed by atoms with Crippen LogP contribution in [0.3, 0.4) is 0 Å². The standard InChI is InChI=1S/C40H47NO15/c1-19-25(54-36(49)30(46)29(41-20(2)42)24-14-11-15-51-24)17-40(50)34(55-35(48)23-12-9-8-10-13-23)32-38(7,26(45)16-27-39(32,18-52-27)56-22(4)44)33(47)31(53-21(3)43)28(19)37(40,5)6/h8-15,25-27,29-32,34,45-46,50H,16-18H2,1-7H3,(H,41,42)/t25-,26-,27+,29-,30+,31+,32-,34-,38+,39-,40+/m0/s1. The largest absolute Gasteiger partial charge is 0.467 e. The van der Waals surface area contributed by atoms with Crippen LogP contribution in [0.2, 0.25) is 0 Å². The summed E-state index contributed by atoms with van der Waals surface area (Å²) in [6, 6.07) is 9.33. The molecule has 3 fully saturated rings. The summed E-state index contributed by atoms with van der Waals surface area (Å²) in [6.45, 7) is 9.07. The van der Waals surface area contributed by atoms with E-state index in [-0.39, 0.29) is 35.5 Å². The lowest BCUT2D eigenvalue weighted by Gasteiger charge is -2.67. The minimum atomic E-state index is -2.38. The minimum Gasteiger partial charge on any atom is -0.467 e. The molecular weight excluding hydrogens is 734 g/mol. The molecule has 0 spiro atoms. The lowest BCUT2D eigenvalue weighted by Crippen LogP contribution is -2.82. The van der Waals surface area contributed by atoms with E-state index in [2.05, 4.69) is 5.32 Å². The first-order chi connectivity index (χ1) is 26.2. The number of fused-ring (bicyclic) bond motifs is 5. The normalized spacial score (nSPS) is 34.1. The number of rotatable bonds is 9. The van der Waals surface area contributed by atoms with Crippen LogP contribution >= 0.6 is 0 Å². The zero-order valence-corrected chi connectivity index (χ0v) is 32.1. The monoisotopic (exact) mass is 781 g/mol. The third kappa shape index (κ3) is 6.41. The van der Waals surface area contributed by atoms with Crippen molar-refractivity contribution in [3.63, 3.8) is 0 Å². The molecule has 1 saturated heterocycles. The Kier molecular flexibility index (Phi) is 10.6. The van der Waals surface area contributed by atoms with Crippen molar-refractivity contribution in [3.8, 4) is 0 Å². The van der Waals surface area contributed by atoms with Gasteiger partial charge in [0.25, 0.3) is 0 Å². The van der Waals surface area contributed by atoms with Crippen molar-refractivity contribution in [3.05, 3.63) is 71.2 Å². The van der Waals surface area contributed by atoms with E-state index >= 15 is 4.79 Å². The Balaban J connectivity index is 1.58. The van der Waals surface area contributed by atoms with E-state index in [0.717, 1.165) is 13.8 Å². The van der Waals surface area contributed by atoms with Crippen molar-refractivity contribution in [2.75, 3.05) is 6.61 Å². The maximum absolute atomic E-state index is 15.3. The highest BCUT2D eigenvalue weighted by Crippen LogP contribution is 2.64. The fourth-order valence-electron chi connectivity index (χ4n) is 9.36. The topological polar surface area (TPSA) is 234 Å². The van der Waals surface area contributed by atoms with Gasteiger partial charge in [0, 0.05) is 39.0 Å². The van der Waals surface area contributed by atoms with E-state index in [1.165, 1.54) is 51.3 Å². The average molecular weight is 782 g/mol. The fraction of sp³-hybridized carbons (Fsp3) is 0.550. The Labute approximate surface area is 322 Å². The molecule has 0 unspecified atom stereocenters. The smallest absolute Gasteiger partial charge is 0.338 e. The Hall–Kier alpha value is -4.90. The van der Waals surface area contributed by atoms with E-state index in [1.807, 2.05) is 0 Å². The maximum Gasteiger partial charge on any atom is 0.338 e. The molecule has 11 atom stereocenters. The lowest BCUT2D eigenvalue weighted by molar-refractivity contribution is -0.346. The van der Waals surface area contributed by atoms with Gasteiger partial charge in [-0.25, -0.2) is 9.59 Å². The van der Waals surface area contributed by atoms with Gasteiger partial charge in [0.05, 0.1) is 35.9 Å². The zero-order valence-electron chi connectivity index (χ0n) is 32.1. The van der Waals surface area contributed by atoms with E-state index in [0.29, 0.717) is 0 Å². The van der Waals surface area contributed by atoms with E-state index in [1.54, 1.807) is 32.0 Å². The molecule has 1 amide bonds. The molecule has 4 aliphatic rings. The second-order valence-electron chi connectivity index (χ2n) is 15.8. The number of hydrogen-bond donors (Lipinski definition) is 4. The van der Waals surface area contributed by atoms with Crippen LogP contribution in [0, 0.1) is 16.7 Å². The number of hydrogen-bond acceptors (Lipinski definition) is 15. The van der Waals surface area contributed by atoms with Crippen molar-refractivity contribution in [2.24, 2.45) is 16.7 Å². The van der Waals surface area contributed by atoms with Gasteiger partial charge in [-0.3, -0.25) is 19.2 Å². The van der Waals surface area contributed by atoms with Gasteiger partial charge in [-0.1, -0.05) is 32.0 Å². The summed E-state index contributed by atoms with van der Waals surface area (Å²) < 4.78 is 35.2. The van der Waals surface area contributed by atoms with Gasteiger partial charge in [0.1, 0.15) is 35.7 Å². The highest BCUT2D eigenvalue weighted by molar-refractivity contribution is 5.95. The fourth-order valence-corrected chi connectivity index (χ4v) is 9.36. The van der Waals surface area contributed by atoms with Crippen molar-refractivity contribution in [2.45, 2.75) is 115 Å². The summed E-state index contributed by atoms with van der Waals surface area (Å²) in [5, 5.41) is 39.2. The third-order valence-electron chi connectivity index (χ3n) is 12.2. The van der Waals surface area contributed by atoms with Gasteiger partial charge in [0.15, 0.2) is 23.6 Å². The van der Waals surface area contributed by atoms with Crippen LogP contribution in [-0.4, -0.2) is 105 Å². The average Bonchev–Trinajstić information content (AvgIpc) is 3.66. The molecule has 4 N–H and O–H groups in total. The van der Waals surface area contributed by atoms with Gasteiger partial charge in [-0.05, 0) is 49.3 Å². The van der Waals surface area contributed by atoms with Gasteiger partial charge in [-0.15, -0.1) is 0 Å². The molecule has 6 rings (SSSR count). The van der Waals surface area contributed by atoms with E-state index < -0.39 is 113 Å². The Morgan fingerprint density at radius 2 is 1.62 bits per heavy atom. The molecule has 56 heavy (non-hydrogen) atoms. The predicted octanol–water partition coefficient (Wildman–Crippen LogP) is 2.03. The van der Waals surface area contributed by atoms with Crippen LogP contribution < -0.4 is 5.32 Å². The zero-order chi connectivity index (χ0) is 41.1. The number of aliphatic hydroxyl groups excluding tert-OH is 2. The number of benzene rings is 1. The van der Waals surface area contributed by atoms with Crippen molar-refractivity contribution in [1.29, 1.82) is 0 Å². The second kappa shape index (κ2) is 14.6. The number of amides is 1. The molecule has 1 aromatic carbocycles. The number of Topliss-reactive ketones (excluding diaryl/α,β-unsaturated/α-hetero) is 1. The molecule has 2 heterocycles. The van der Waals surface area contributed by atoms with E-state index in [9.17, 15) is 39.3 Å². The van der Waals surface area contributed by atoms with Crippen molar-refractivity contribution >= 4 is 35.6 Å². The molecule has 2 aromatic rings. The molecule has 0 radical (unpaired) electrons. The minimum absolute atomic E-state index is 0.00987. The van der Waals surface area contributed by atoms with Crippen molar-refractivity contribution in [1.82, 2.24) is 5.32 Å². The molecular formula is C40H47NO15. The number of ketones is 1. The molecule has 1 aromatic heterocycles. The summed E-state index contributed by atoms with van der Waals surface area (Å²) in [4.78, 5) is 81.2. The van der Waals surface area contributed by atoms with Crippen LogP contribution in [-0.2, 0) is 47.7 Å². The number of esters is 4. The highest BCUT2D eigenvalue weighted by atomic mass is 16.6. The van der Waals surface area contributed by atoms with Gasteiger partial charge < -0.3 is 48.7 Å². The van der Waals surface area contributed by atoms with Crippen LogP contribution in [0.15, 0.2) is 64.3 Å². The summed E-state index contributed by atoms with van der Waals surface area (Å²) in [7, 11) is 0. The van der Waals surface area contributed by atoms with Gasteiger partial charge >= 0.3 is 23.9 Å². The molecule has 16 heteroatoms. The first kappa shape index (κ1) is 40.8. The summed E-state index contributed by atoms with van der Waals surface area (Å²) >= 11 is 0. The Morgan fingerprint density at radius 3 is 2.18 bits per heavy atom. The lowest BCUT2D eigenvalue weighted by atomic mass is 9.44. The molecule has 2 saturated carbocycles. The number of aliphatic hydroxyl groups is 3. The maximum atomic E-state index is 15.3. The molecule has 1 aliphatic heterocycles. The molecule has 3 aliphatic carbocycles. The number of ether oxygens (including phenoxy) is 5. The number of carbonyl (C=O) groups excluding carboxylic acids is 6. The first-order valence-corrected chi connectivity index (χ1v) is 18.3. The number of nitrogens with one attached hydrogen (secondary N) is 1. The van der Waals surface area contributed by atoms with Crippen LogP contribution in [0.1, 0.15) is 83.5 Å². The molecule has 16 nitrogen and oxygen atoms in total. The van der Waals surface area contributed by atoms with E-state index in [4.69, 9.17) is 28.1 Å². The van der Waals surface area contributed by atoms with Crippen molar-refractivity contribution < 1.29 is 72.2 Å². The molecule has 2 bridgehead atoms.